The maximum absolute atomic E-state index is 2.38. The molecule has 0 aromatic carbocycles. The van der Waals surface area contributed by atoms with Gasteiger partial charge in [-0.3, -0.25) is 0 Å². The standard InChI is InChI=1S/C4H9I.Zn/c1-4(2)3-5;/h4H,3H2,1-2H3;/q;+2. The van der Waals surface area contributed by atoms with Crippen LogP contribution in [-0.4, -0.2) is 4.43 Å². The first kappa shape index (κ1) is 10.4. The molecule has 0 atom stereocenters. The van der Waals surface area contributed by atoms with E-state index >= 15 is 0 Å². The van der Waals surface area contributed by atoms with Crippen molar-refractivity contribution in [3.05, 3.63) is 0 Å². The molecule has 0 aliphatic carbocycles. The average Bonchev–Trinajstić information content (AvgIpc) is 1.38. The number of halogens is 1. The normalized spacial score (nSPS) is 8.00. The predicted octanol–water partition coefficient (Wildman–Crippen LogP) is 2.07. The maximum atomic E-state index is 2.38. The topological polar surface area (TPSA) is 0 Å². The SMILES string of the molecule is CC(C)CI.[Zn+2]. The summed E-state index contributed by atoms with van der Waals surface area (Å²) < 4.78 is 1.28. The quantitative estimate of drug-likeness (QED) is 0.379. The first-order valence-corrected chi connectivity index (χ1v) is 3.36. The first-order chi connectivity index (χ1) is 2.27. The Morgan fingerprint density at radius 3 is 1.67 bits per heavy atom. The summed E-state index contributed by atoms with van der Waals surface area (Å²) in [6, 6.07) is 0. The summed E-state index contributed by atoms with van der Waals surface area (Å²) >= 11 is 2.38. The second-order valence-electron chi connectivity index (χ2n) is 1.55. The predicted molar refractivity (Wildman–Crippen MR) is 33.7 cm³/mol. The minimum Gasteiger partial charge on any atom is -0.0861 e. The molecule has 0 saturated heterocycles. The fraction of sp³-hybridized carbons (Fsp3) is 1.00. The molecule has 0 N–H and O–H groups in total. The number of alkyl halides is 1. The van der Waals surface area contributed by atoms with Crippen LogP contribution in [0.15, 0.2) is 0 Å². The third-order valence-electron chi connectivity index (χ3n) is 0.309. The molecule has 0 heterocycles. The molecule has 0 aliphatic heterocycles. The molecular weight excluding hydrogens is 240 g/mol. The van der Waals surface area contributed by atoms with Crippen LogP contribution in [0.4, 0.5) is 0 Å². The van der Waals surface area contributed by atoms with E-state index in [0.717, 1.165) is 5.92 Å². The number of hydrogen-bond acceptors (Lipinski definition) is 0. The van der Waals surface area contributed by atoms with Gasteiger partial charge >= 0.3 is 19.5 Å². The van der Waals surface area contributed by atoms with E-state index in [2.05, 4.69) is 36.4 Å². The Kier molecular flexibility index (Phi) is 11.0. The summed E-state index contributed by atoms with van der Waals surface area (Å²) in [7, 11) is 0. The summed E-state index contributed by atoms with van der Waals surface area (Å²) in [4.78, 5) is 0. The van der Waals surface area contributed by atoms with Gasteiger partial charge in [0.25, 0.3) is 0 Å². The minimum atomic E-state index is 0. The largest absolute Gasteiger partial charge is 2.00 e. The molecule has 0 fully saturated rings. The van der Waals surface area contributed by atoms with Crippen LogP contribution < -0.4 is 0 Å². The second-order valence-corrected chi connectivity index (χ2v) is 2.43. The van der Waals surface area contributed by atoms with Crippen LogP contribution in [-0.2, 0) is 19.5 Å². The molecule has 0 aliphatic rings. The molecule has 0 aromatic heterocycles. The fourth-order valence-electron chi connectivity index (χ4n) is 0. The molecule has 0 radical (unpaired) electrons. The van der Waals surface area contributed by atoms with Crippen molar-refractivity contribution in [2.24, 2.45) is 5.92 Å². The minimum absolute atomic E-state index is 0. The van der Waals surface area contributed by atoms with Gasteiger partial charge in [0.15, 0.2) is 0 Å². The Morgan fingerprint density at radius 1 is 1.50 bits per heavy atom. The van der Waals surface area contributed by atoms with Gasteiger partial charge in [0.1, 0.15) is 0 Å². The smallest absolute Gasteiger partial charge is 0.0861 e. The van der Waals surface area contributed by atoms with Crippen molar-refractivity contribution in [3.63, 3.8) is 0 Å². The zero-order valence-electron chi connectivity index (χ0n) is 4.37. The molecule has 0 aromatic rings. The van der Waals surface area contributed by atoms with Gasteiger partial charge in [0.2, 0.25) is 0 Å². The molecule has 0 spiro atoms. The Balaban J connectivity index is 0. The van der Waals surface area contributed by atoms with E-state index in [1.807, 2.05) is 0 Å². The van der Waals surface area contributed by atoms with E-state index in [-0.39, 0.29) is 19.5 Å². The Bertz CT molecular complexity index is 21.5. The van der Waals surface area contributed by atoms with Gasteiger partial charge in [0.05, 0.1) is 0 Å². The summed E-state index contributed by atoms with van der Waals surface area (Å²) in [6.45, 7) is 4.43. The van der Waals surface area contributed by atoms with E-state index in [9.17, 15) is 0 Å². The van der Waals surface area contributed by atoms with Gasteiger partial charge in [-0.25, -0.2) is 0 Å². The van der Waals surface area contributed by atoms with Crippen LogP contribution >= 0.6 is 22.6 Å². The van der Waals surface area contributed by atoms with Crippen molar-refractivity contribution >= 4 is 22.6 Å². The van der Waals surface area contributed by atoms with E-state index in [0.29, 0.717) is 0 Å². The van der Waals surface area contributed by atoms with Crippen molar-refractivity contribution in [1.82, 2.24) is 0 Å². The van der Waals surface area contributed by atoms with Crippen molar-refractivity contribution in [2.75, 3.05) is 4.43 Å². The zero-order valence-corrected chi connectivity index (χ0v) is 9.49. The van der Waals surface area contributed by atoms with E-state index < -0.39 is 0 Å². The maximum Gasteiger partial charge on any atom is 2.00 e. The van der Waals surface area contributed by atoms with Crippen LogP contribution in [0, 0.1) is 5.92 Å². The second kappa shape index (κ2) is 6.35. The van der Waals surface area contributed by atoms with Gasteiger partial charge in [-0.15, -0.1) is 0 Å². The van der Waals surface area contributed by atoms with Crippen molar-refractivity contribution in [3.8, 4) is 0 Å². The molecule has 6 heavy (non-hydrogen) atoms. The van der Waals surface area contributed by atoms with Crippen LogP contribution in [0.1, 0.15) is 13.8 Å². The zero-order chi connectivity index (χ0) is 4.28. The van der Waals surface area contributed by atoms with Gasteiger partial charge in [0, 0.05) is 4.43 Å². The number of hydrogen-bond donors (Lipinski definition) is 0. The van der Waals surface area contributed by atoms with Gasteiger partial charge in [-0.05, 0) is 5.92 Å². The Hall–Kier alpha value is 1.35. The summed E-state index contributed by atoms with van der Waals surface area (Å²) in [5.74, 6) is 0.871. The molecule has 0 bridgehead atoms. The van der Waals surface area contributed by atoms with Crippen LogP contribution in [0.3, 0.4) is 0 Å². The molecule has 0 nitrogen and oxygen atoms in total. The Labute approximate surface area is 66.0 Å². The van der Waals surface area contributed by atoms with Crippen LogP contribution in [0.2, 0.25) is 0 Å². The molecule has 32 valence electrons. The van der Waals surface area contributed by atoms with Gasteiger partial charge in [-0.1, -0.05) is 36.4 Å². The summed E-state index contributed by atoms with van der Waals surface area (Å²) in [5, 5.41) is 0. The van der Waals surface area contributed by atoms with E-state index in [1.54, 1.807) is 0 Å². The fourth-order valence-corrected chi connectivity index (χ4v) is 0. The van der Waals surface area contributed by atoms with Gasteiger partial charge in [-0.2, -0.15) is 0 Å². The van der Waals surface area contributed by atoms with E-state index in [1.165, 1.54) is 4.43 Å². The summed E-state index contributed by atoms with van der Waals surface area (Å²) in [6.07, 6.45) is 0. The molecule has 2 heteroatoms. The first-order valence-electron chi connectivity index (χ1n) is 1.83. The van der Waals surface area contributed by atoms with Gasteiger partial charge < -0.3 is 0 Å². The molecular formula is C4H9IZn+2. The summed E-state index contributed by atoms with van der Waals surface area (Å²) in [5.41, 5.74) is 0. The van der Waals surface area contributed by atoms with Crippen molar-refractivity contribution in [2.45, 2.75) is 13.8 Å². The number of rotatable bonds is 1. The van der Waals surface area contributed by atoms with Crippen LogP contribution in [0.25, 0.3) is 0 Å². The molecule has 0 unspecified atom stereocenters. The Morgan fingerprint density at radius 2 is 1.67 bits per heavy atom. The molecule has 0 rings (SSSR count). The van der Waals surface area contributed by atoms with Crippen molar-refractivity contribution < 1.29 is 19.5 Å². The third-order valence-corrected chi connectivity index (χ3v) is 2.07. The van der Waals surface area contributed by atoms with Crippen molar-refractivity contribution in [1.29, 1.82) is 0 Å². The monoisotopic (exact) mass is 248 g/mol. The molecule has 0 saturated carbocycles. The average molecular weight is 249 g/mol. The van der Waals surface area contributed by atoms with Crippen LogP contribution in [0.5, 0.6) is 0 Å². The third kappa shape index (κ3) is 9.02. The molecule has 0 amide bonds. The van der Waals surface area contributed by atoms with E-state index in [4.69, 9.17) is 0 Å².